The summed E-state index contributed by atoms with van der Waals surface area (Å²) in [5, 5.41) is 8.18. The van der Waals surface area contributed by atoms with Gasteiger partial charge in [-0.25, -0.2) is 22.3 Å². The van der Waals surface area contributed by atoms with Crippen LogP contribution < -0.4 is 4.72 Å². The molecule has 1 rings (SSSR count). The third-order valence-corrected chi connectivity index (χ3v) is 3.89. The lowest BCUT2D eigenvalue weighted by atomic mass is 10.3. The standard InChI is InChI=1S/C10H11ClFNO5S/c11-8-2-1-7(12)5-9(8)19(16,17)13-3-4-18-6-10(14)15/h1-2,5,13H,3-4,6H2,(H,14,15). The Morgan fingerprint density at radius 2 is 2.16 bits per heavy atom. The van der Waals surface area contributed by atoms with Crippen molar-refractivity contribution >= 4 is 27.6 Å². The van der Waals surface area contributed by atoms with E-state index in [1.54, 1.807) is 0 Å². The van der Waals surface area contributed by atoms with Gasteiger partial charge < -0.3 is 9.84 Å². The molecule has 6 nitrogen and oxygen atoms in total. The van der Waals surface area contributed by atoms with Gasteiger partial charge in [-0.05, 0) is 18.2 Å². The van der Waals surface area contributed by atoms with Gasteiger partial charge in [0.2, 0.25) is 10.0 Å². The lowest BCUT2D eigenvalue weighted by Gasteiger charge is -2.08. The molecule has 0 saturated heterocycles. The fraction of sp³-hybridized carbons (Fsp3) is 0.300. The van der Waals surface area contributed by atoms with Gasteiger partial charge in [0, 0.05) is 6.54 Å². The van der Waals surface area contributed by atoms with Crippen molar-refractivity contribution in [2.45, 2.75) is 4.90 Å². The quantitative estimate of drug-likeness (QED) is 0.729. The van der Waals surface area contributed by atoms with Crippen LogP contribution in [-0.4, -0.2) is 39.3 Å². The van der Waals surface area contributed by atoms with Crippen LogP contribution in [0.15, 0.2) is 23.1 Å². The van der Waals surface area contributed by atoms with Crippen LogP contribution in [0.5, 0.6) is 0 Å². The van der Waals surface area contributed by atoms with E-state index < -0.39 is 28.4 Å². The van der Waals surface area contributed by atoms with Gasteiger partial charge in [-0.15, -0.1) is 0 Å². The Kier molecular flexibility index (Phi) is 5.67. The molecular weight excluding hydrogens is 301 g/mol. The van der Waals surface area contributed by atoms with Crippen LogP contribution in [-0.2, 0) is 19.6 Å². The van der Waals surface area contributed by atoms with Gasteiger partial charge in [0.05, 0.1) is 11.6 Å². The maximum absolute atomic E-state index is 13.0. The molecule has 0 radical (unpaired) electrons. The fourth-order valence-electron chi connectivity index (χ4n) is 1.17. The first-order valence-corrected chi connectivity index (χ1v) is 6.93. The Morgan fingerprint density at radius 3 is 2.79 bits per heavy atom. The summed E-state index contributed by atoms with van der Waals surface area (Å²) >= 11 is 5.67. The molecule has 0 amide bonds. The molecule has 0 bridgehead atoms. The molecule has 2 N–H and O–H groups in total. The van der Waals surface area contributed by atoms with Gasteiger partial charge in [-0.1, -0.05) is 11.6 Å². The molecule has 0 aromatic heterocycles. The molecule has 19 heavy (non-hydrogen) atoms. The second-order valence-electron chi connectivity index (χ2n) is 3.42. The summed E-state index contributed by atoms with van der Waals surface area (Å²) in [5.74, 6) is -1.89. The first kappa shape index (κ1) is 15.8. The first-order valence-electron chi connectivity index (χ1n) is 5.07. The van der Waals surface area contributed by atoms with Gasteiger partial charge in [0.25, 0.3) is 0 Å². The molecule has 0 fully saturated rings. The fourth-order valence-corrected chi connectivity index (χ4v) is 2.69. The SMILES string of the molecule is O=C(O)COCCNS(=O)(=O)c1cc(F)ccc1Cl. The number of carboxylic acids is 1. The number of hydrogen-bond donors (Lipinski definition) is 2. The number of carboxylic acid groups (broad SMARTS) is 1. The number of sulfonamides is 1. The Balaban J connectivity index is 2.61. The summed E-state index contributed by atoms with van der Waals surface area (Å²) in [7, 11) is -3.96. The van der Waals surface area contributed by atoms with E-state index in [4.69, 9.17) is 16.7 Å². The van der Waals surface area contributed by atoms with Crippen LogP contribution >= 0.6 is 11.6 Å². The number of halogens is 2. The van der Waals surface area contributed by atoms with Crippen molar-refractivity contribution in [2.24, 2.45) is 0 Å². The van der Waals surface area contributed by atoms with Gasteiger partial charge >= 0.3 is 5.97 Å². The van der Waals surface area contributed by atoms with Crippen LogP contribution in [0.25, 0.3) is 0 Å². The minimum atomic E-state index is -3.96. The van der Waals surface area contributed by atoms with E-state index in [-0.39, 0.29) is 23.1 Å². The van der Waals surface area contributed by atoms with Gasteiger partial charge in [-0.2, -0.15) is 0 Å². The Hall–Kier alpha value is -1.22. The van der Waals surface area contributed by atoms with Crippen LogP contribution in [0.1, 0.15) is 0 Å². The second kappa shape index (κ2) is 6.80. The zero-order chi connectivity index (χ0) is 14.5. The predicted molar refractivity (Wildman–Crippen MR) is 65.1 cm³/mol. The van der Waals surface area contributed by atoms with Crippen LogP contribution in [0.4, 0.5) is 4.39 Å². The van der Waals surface area contributed by atoms with Gasteiger partial charge in [0.1, 0.15) is 17.3 Å². The smallest absolute Gasteiger partial charge is 0.329 e. The predicted octanol–water partition coefficient (Wildman–Crippen LogP) is 0.859. The highest BCUT2D eigenvalue weighted by atomic mass is 35.5. The molecule has 9 heteroatoms. The Labute approximate surface area is 114 Å². The molecule has 0 aliphatic heterocycles. The molecule has 106 valence electrons. The van der Waals surface area contributed by atoms with E-state index in [2.05, 4.69) is 9.46 Å². The summed E-state index contributed by atoms with van der Waals surface area (Å²) in [6.45, 7) is -0.802. The van der Waals surface area contributed by atoms with E-state index in [1.165, 1.54) is 0 Å². The van der Waals surface area contributed by atoms with Crippen molar-refractivity contribution in [2.75, 3.05) is 19.8 Å². The summed E-state index contributed by atoms with van der Waals surface area (Å²) < 4.78 is 43.3. The maximum atomic E-state index is 13.0. The van der Waals surface area contributed by atoms with E-state index >= 15 is 0 Å². The number of carbonyl (C=O) groups is 1. The van der Waals surface area contributed by atoms with Gasteiger partial charge in [0.15, 0.2) is 0 Å². The van der Waals surface area contributed by atoms with Crippen molar-refractivity contribution in [3.63, 3.8) is 0 Å². The highest BCUT2D eigenvalue weighted by Crippen LogP contribution is 2.21. The highest BCUT2D eigenvalue weighted by Gasteiger charge is 2.18. The molecule has 0 saturated carbocycles. The molecule has 0 aliphatic carbocycles. The first-order chi connectivity index (χ1) is 8.83. The average molecular weight is 312 g/mol. The zero-order valence-corrected chi connectivity index (χ0v) is 11.2. The van der Waals surface area contributed by atoms with E-state index in [9.17, 15) is 17.6 Å². The number of nitrogens with one attached hydrogen (secondary N) is 1. The number of benzene rings is 1. The molecule has 0 atom stereocenters. The Bertz CT molecular complexity index is 563. The van der Waals surface area contributed by atoms with Crippen molar-refractivity contribution in [1.29, 1.82) is 0 Å². The number of aliphatic carboxylic acids is 1. The molecule has 0 heterocycles. The van der Waals surface area contributed by atoms with E-state index in [0.717, 1.165) is 18.2 Å². The monoisotopic (exact) mass is 311 g/mol. The molecular formula is C10H11ClFNO5S. The lowest BCUT2D eigenvalue weighted by Crippen LogP contribution is -2.28. The maximum Gasteiger partial charge on any atom is 0.329 e. The second-order valence-corrected chi connectivity index (χ2v) is 5.56. The average Bonchev–Trinajstić information content (AvgIpc) is 2.31. The number of rotatable bonds is 7. The molecule has 0 aliphatic rings. The Morgan fingerprint density at radius 1 is 1.47 bits per heavy atom. The molecule has 0 spiro atoms. The summed E-state index contributed by atoms with van der Waals surface area (Å²) in [4.78, 5) is 9.76. The minimum absolute atomic E-state index is 0.111. The lowest BCUT2D eigenvalue weighted by molar-refractivity contribution is -0.142. The normalized spacial score (nSPS) is 11.5. The number of hydrogen-bond acceptors (Lipinski definition) is 4. The van der Waals surface area contributed by atoms with E-state index in [0.29, 0.717) is 0 Å². The number of ether oxygens (including phenoxy) is 1. The highest BCUT2D eigenvalue weighted by molar-refractivity contribution is 7.89. The zero-order valence-electron chi connectivity index (χ0n) is 9.60. The van der Waals surface area contributed by atoms with Crippen molar-refractivity contribution in [1.82, 2.24) is 4.72 Å². The van der Waals surface area contributed by atoms with Crippen LogP contribution in [0.3, 0.4) is 0 Å². The van der Waals surface area contributed by atoms with Crippen LogP contribution in [0, 0.1) is 5.82 Å². The molecule has 1 aromatic rings. The summed E-state index contributed by atoms with van der Waals surface area (Å²) in [6, 6.07) is 2.96. The third kappa shape index (κ3) is 5.11. The van der Waals surface area contributed by atoms with Crippen molar-refractivity contribution < 1.29 is 27.4 Å². The topological polar surface area (TPSA) is 92.7 Å². The van der Waals surface area contributed by atoms with Crippen molar-refractivity contribution in [3.8, 4) is 0 Å². The van der Waals surface area contributed by atoms with Crippen molar-refractivity contribution in [3.05, 3.63) is 29.0 Å². The summed E-state index contributed by atoms with van der Waals surface area (Å²) in [5.41, 5.74) is 0. The third-order valence-electron chi connectivity index (χ3n) is 1.95. The van der Waals surface area contributed by atoms with E-state index in [1.807, 2.05) is 0 Å². The van der Waals surface area contributed by atoms with Crippen LogP contribution in [0.2, 0.25) is 5.02 Å². The summed E-state index contributed by atoms with van der Waals surface area (Å²) in [6.07, 6.45) is 0. The minimum Gasteiger partial charge on any atom is -0.480 e. The largest absolute Gasteiger partial charge is 0.480 e. The van der Waals surface area contributed by atoms with Gasteiger partial charge in [-0.3, -0.25) is 0 Å². The molecule has 1 aromatic carbocycles. The molecule has 0 unspecified atom stereocenters.